The average Bonchev–Trinajstić information content (AvgIpc) is 2.79. The van der Waals surface area contributed by atoms with Gasteiger partial charge in [-0.25, -0.2) is 13.2 Å². The Morgan fingerprint density at radius 1 is 1.19 bits per heavy atom. The van der Waals surface area contributed by atoms with Crippen molar-refractivity contribution in [3.8, 4) is 0 Å². The molecule has 0 unspecified atom stereocenters. The number of anilines is 1. The molecule has 0 saturated carbocycles. The van der Waals surface area contributed by atoms with E-state index in [1.54, 1.807) is 6.07 Å². The predicted molar refractivity (Wildman–Crippen MR) is 95.4 cm³/mol. The number of carbonyl (C=O) groups is 3. The third-order valence-corrected chi connectivity index (χ3v) is 6.67. The molecule has 2 aliphatic rings. The summed E-state index contributed by atoms with van der Waals surface area (Å²) >= 11 is 0. The van der Waals surface area contributed by atoms with Gasteiger partial charge in [-0.3, -0.25) is 14.5 Å². The van der Waals surface area contributed by atoms with Crippen LogP contribution in [0.1, 0.15) is 24.0 Å². The number of hydrogen-bond acceptors (Lipinski definition) is 5. The summed E-state index contributed by atoms with van der Waals surface area (Å²) in [7, 11) is -3.18. The molecule has 8 nitrogen and oxygen atoms in total. The molecular formula is C17H21N3O5S. The number of nitrogens with zero attached hydrogens (tertiary/aromatic N) is 1. The van der Waals surface area contributed by atoms with E-state index >= 15 is 0 Å². The topological polar surface area (TPSA) is 113 Å². The van der Waals surface area contributed by atoms with E-state index in [0.29, 0.717) is 5.69 Å². The summed E-state index contributed by atoms with van der Waals surface area (Å²) in [6.45, 7) is 3.47. The van der Waals surface area contributed by atoms with Crippen LogP contribution in [0.4, 0.5) is 10.5 Å². The maximum Gasteiger partial charge on any atom is 0.325 e. The minimum Gasteiger partial charge on any atom is -0.325 e. The highest BCUT2D eigenvalue weighted by atomic mass is 32.2. The molecule has 2 heterocycles. The van der Waals surface area contributed by atoms with Gasteiger partial charge in [0, 0.05) is 5.69 Å². The number of benzene rings is 1. The van der Waals surface area contributed by atoms with Gasteiger partial charge in [-0.05, 0) is 49.9 Å². The second-order valence-corrected chi connectivity index (χ2v) is 9.21. The Hall–Kier alpha value is -2.42. The lowest BCUT2D eigenvalue weighted by Crippen LogP contribution is -2.52. The summed E-state index contributed by atoms with van der Waals surface area (Å²) in [5.74, 6) is -1.33. The van der Waals surface area contributed by atoms with Crippen molar-refractivity contribution < 1.29 is 22.8 Å². The molecule has 140 valence electrons. The number of hydrogen-bond donors (Lipinski definition) is 2. The molecule has 26 heavy (non-hydrogen) atoms. The summed E-state index contributed by atoms with van der Waals surface area (Å²) in [6.07, 6.45) is 0.0738. The Morgan fingerprint density at radius 3 is 2.46 bits per heavy atom. The quantitative estimate of drug-likeness (QED) is 0.752. The fraction of sp³-hybridized carbons (Fsp3) is 0.471. The lowest BCUT2D eigenvalue weighted by Gasteiger charge is -2.30. The first kappa shape index (κ1) is 18.4. The van der Waals surface area contributed by atoms with E-state index in [1.165, 1.54) is 0 Å². The van der Waals surface area contributed by atoms with Crippen LogP contribution in [-0.4, -0.2) is 54.8 Å². The van der Waals surface area contributed by atoms with E-state index in [-0.39, 0.29) is 24.3 Å². The summed E-state index contributed by atoms with van der Waals surface area (Å²) in [6, 6.07) is 4.77. The highest BCUT2D eigenvalue weighted by Crippen LogP contribution is 2.30. The lowest BCUT2D eigenvalue weighted by atomic mass is 9.92. The van der Waals surface area contributed by atoms with Crippen LogP contribution in [0.3, 0.4) is 0 Å². The summed E-state index contributed by atoms with van der Waals surface area (Å²) < 4.78 is 23.2. The molecule has 0 radical (unpaired) electrons. The molecule has 1 aromatic rings. The summed E-state index contributed by atoms with van der Waals surface area (Å²) in [5, 5.41) is 5.26. The first-order valence-electron chi connectivity index (χ1n) is 8.34. The maximum atomic E-state index is 12.7. The summed E-state index contributed by atoms with van der Waals surface area (Å²) in [5.41, 5.74) is 1.48. The number of sulfone groups is 1. The standard InChI is InChI=1S/C17H21N3O5S/c1-11-3-4-13(9-12(11)2)18-14(21)10-20-15(22)17(19-16(20)23)5-7-26(24,25)8-6-17/h3-4,9H,5-8,10H2,1-2H3,(H,18,21)(H,19,23). The number of urea groups is 1. The van der Waals surface area contributed by atoms with Gasteiger partial charge in [0.25, 0.3) is 5.91 Å². The zero-order chi connectivity index (χ0) is 19.1. The van der Waals surface area contributed by atoms with Crippen LogP contribution in [0.15, 0.2) is 18.2 Å². The molecule has 9 heteroatoms. The van der Waals surface area contributed by atoms with Crippen LogP contribution < -0.4 is 10.6 Å². The van der Waals surface area contributed by atoms with E-state index < -0.39 is 39.8 Å². The smallest absolute Gasteiger partial charge is 0.325 e. The molecule has 2 fully saturated rings. The Morgan fingerprint density at radius 2 is 1.85 bits per heavy atom. The fourth-order valence-corrected chi connectivity index (χ4v) is 4.73. The van der Waals surface area contributed by atoms with Gasteiger partial charge in [0.2, 0.25) is 5.91 Å². The second kappa shape index (κ2) is 6.39. The number of nitrogens with one attached hydrogen (secondary N) is 2. The molecule has 2 saturated heterocycles. The molecule has 0 aromatic heterocycles. The van der Waals surface area contributed by atoms with Crippen molar-refractivity contribution in [3.05, 3.63) is 29.3 Å². The normalized spacial score (nSPS) is 20.9. The van der Waals surface area contributed by atoms with Crippen molar-refractivity contribution in [2.24, 2.45) is 0 Å². The lowest BCUT2D eigenvalue weighted by molar-refractivity contribution is -0.134. The van der Waals surface area contributed by atoms with Gasteiger partial charge in [0.05, 0.1) is 11.5 Å². The molecule has 0 atom stereocenters. The van der Waals surface area contributed by atoms with Crippen LogP contribution >= 0.6 is 0 Å². The molecule has 1 aromatic carbocycles. The first-order chi connectivity index (χ1) is 12.1. The summed E-state index contributed by atoms with van der Waals surface area (Å²) in [4.78, 5) is 37.9. The number of rotatable bonds is 3. The maximum absolute atomic E-state index is 12.7. The predicted octanol–water partition coefficient (Wildman–Crippen LogP) is 0.741. The van der Waals surface area contributed by atoms with Crippen molar-refractivity contribution in [1.82, 2.24) is 10.2 Å². The molecule has 1 spiro atoms. The van der Waals surface area contributed by atoms with E-state index in [9.17, 15) is 22.8 Å². The minimum atomic E-state index is -3.18. The van der Waals surface area contributed by atoms with Crippen molar-refractivity contribution in [2.45, 2.75) is 32.2 Å². The molecular weight excluding hydrogens is 358 g/mol. The van der Waals surface area contributed by atoms with Gasteiger partial charge in [-0.15, -0.1) is 0 Å². The van der Waals surface area contributed by atoms with Crippen LogP contribution in [0.2, 0.25) is 0 Å². The van der Waals surface area contributed by atoms with Gasteiger partial charge in [0.15, 0.2) is 9.84 Å². The van der Waals surface area contributed by atoms with E-state index in [0.717, 1.165) is 16.0 Å². The van der Waals surface area contributed by atoms with Crippen LogP contribution in [0.5, 0.6) is 0 Å². The van der Waals surface area contributed by atoms with Crippen LogP contribution in [0, 0.1) is 13.8 Å². The molecule has 3 rings (SSSR count). The Kier molecular flexibility index (Phi) is 4.51. The highest BCUT2D eigenvalue weighted by molar-refractivity contribution is 7.91. The average molecular weight is 379 g/mol. The second-order valence-electron chi connectivity index (χ2n) is 6.90. The van der Waals surface area contributed by atoms with Gasteiger partial charge < -0.3 is 10.6 Å². The zero-order valence-corrected chi connectivity index (χ0v) is 15.5. The van der Waals surface area contributed by atoms with Gasteiger partial charge >= 0.3 is 6.03 Å². The zero-order valence-electron chi connectivity index (χ0n) is 14.7. The molecule has 4 amide bonds. The molecule has 0 bridgehead atoms. The first-order valence-corrected chi connectivity index (χ1v) is 10.2. The third-order valence-electron chi connectivity index (χ3n) is 5.02. The van der Waals surface area contributed by atoms with Crippen LogP contribution in [0.25, 0.3) is 0 Å². The van der Waals surface area contributed by atoms with E-state index in [4.69, 9.17) is 0 Å². The Bertz CT molecular complexity index is 880. The minimum absolute atomic E-state index is 0.0369. The third kappa shape index (κ3) is 3.44. The van der Waals surface area contributed by atoms with Crippen molar-refractivity contribution in [2.75, 3.05) is 23.4 Å². The van der Waals surface area contributed by atoms with Gasteiger partial charge in [0.1, 0.15) is 12.1 Å². The number of imide groups is 1. The monoisotopic (exact) mass is 379 g/mol. The number of carbonyl (C=O) groups excluding carboxylic acids is 3. The number of aryl methyl sites for hydroxylation is 2. The van der Waals surface area contributed by atoms with Crippen LogP contribution in [-0.2, 0) is 19.4 Å². The fourth-order valence-electron chi connectivity index (χ4n) is 3.21. The molecule has 0 aliphatic carbocycles. The number of amides is 4. The van der Waals surface area contributed by atoms with Gasteiger partial charge in [-0.2, -0.15) is 0 Å². The SMILES string of the molecule is Cc1ccc(NC(=O)CN2C(=O)NC3(CCS(=O)(=O)CC3)C2=O)cc1C. The highest BCUT2D eigenvalue weighted by Gasteiger charge is 2.53. The van der Waals surface area contributed by atoms with Crippen molar-refractivity contribution >= 4 is 33.4 Å². The Labute approximate surface area is 151 Å². The molecule has 2 aliphatic heterocycles. The molecule has 2 N–H and O–H groups in total. The largest absolute Gasteiger partial charge is 0.325 e. The van der Waals surface area contributed by atoms with E-state index in [1.807, 2.05) is 26.0 Å². The van der Waals surface area contributed by atoms with Gasteiger partial charge in [-0.1, -0.05) is 6.07 Å². The van der Waals surface area contributed by atoms with E-state index in [2.05, 4.69) is 10.6 Å². The van der Waals surface area contributed by atoms with Crippen molar-refractivity contribution in [3.63, 3.8) is 0 Å². The van der Waals surface area contributed by atoms with Crippen molar-refractivity contribution in [1.29, 1.82) is 0 Å². The Balaban J connectivity index is 1.68.